The van der Waals surface area contributed by atoms with Crippen molar-refractivity contribution in [3.8, 4) is 0 Å². The monoisotopic (exact) mass is 237 g/mol. The molecular weight excluding hydrogens is 218 g/mol. The van der Waals surface area contributed by atoms with E-state index in [1.165, 1.54) is 4.57 Å². The zero-order valence-electron chi connectivity index (χ0n) is 10.5. The highest BCUT2D eigenvalue weighted by molar-refractivity contribution is 5.75. The third-order valence-electron chi connectivity index (χ3n) is 2.79. The van der Waals surface area contributed by atoms with E-state index >= 15 is 0 Å². The molecule has 0 fully saturated rings. The summed E-state index contributed by atoms with van der Waals surface area (Å²) in [5.74, 6) is -0.0868. The molecule has 0 saturated carbocycles. The first-order chi connectivity index (χ1) is 7.97. The number of amides is 1. The molecule has 1 aromatic rings. The number of carbonyl (C=O) groups is 1. The lowest BCUT2D eigenvalue weighted by Crippen LogP contribution is -2.38. The molecule has 0 bridgehead atoms. The van der Waals surface area contributed by atoms with Gasteiger partial charge >= 0.3 is 0 Å². The van der Waals surface area contributed by atoms with Gasteiger partial charge in [-0.3, -0.25) is 9.59 Å². The van der Waals surface area contributed by atoms with Crippen molar-refractivity contribution in [2.75, 3.05) is 7.05 Å². The first-order valence-electron chi connectivity index (χ1n) is 5.61. The third kappa shape index (κ3) is 3.17. The zero-order chi connectivity index (χ0) is 13.0. The Balaban J connectivity index is 2.89. The van der Waals surface area contributed by atoms with Gasteiger partial charge in [-0.05, 0) is 19.9 Å². The highest BCUT2D eigenvalue weighted by atomic mass is 16.2. The lowest BCUT2D eigenvalue weighted by Gasteiger charge is -2.21. The fraction of sp³-hybridized carbons (Fsp3) is 0.500. The predicted molar refractivity (Wildman–Crippen MR) is 66.5 cm³/mol. The second kappa shape index (κ2) is 5.63. The molecule has 17 heavy (non-hydrogen) atoms. The zero-order valence-corrected chi connectivity index (χ0v) is 10.5. The number of hydrogen-bond donors (Lipinski definition) is 1. The molecule has 5 heteroatoms. The van der Waals surface area contributed by atoms with Crippen molar-refractivity contribution >= 4 is 5.91 Å². The lowest BCUT2D eigenvalue weighted by atomic mass is 10.2. The molecule has 5 nitrogen and oxygen atoms in total. The number of nitrogens with two attached hydrogens (primary N) is 1. The number of likely N-dealkylation sites (N-methyl/N-ethyl adjacent to an activating group) is 1. The Morgan fingerprint density at radius 1 is 1.53 bits per heavy atom. The van der Waals surface area contributed by atoms with Crippen LogP contribution in [0.1, 0.15) is 19.4 Å². The summed E-state index contributed by atoms with van der Waals surface area (Å²) in [6, 6.07) is 3.53. The molecule has 1 rings (SSSR count). The minimum atomic E-state index is -0.194. The number of carbonyl (C=O) groups excluding carboxylic acids is 1. The highest BCUT2D eigenvalue weighted by Crippen LogP contribution is 1.97. The van der Waals surface area contributed by atoms with E-state index in [1.54, 1.807) is 30.3 Å². The maximum atomic E-state index is 11.8. The van der Waals surface area contributed by atoms with Gasteiger partial charge in [-0.2, -0.15) is 0 Å². The van der Waals surface area contributed by atoms with Gasteiger partial charge in [0.2, 0.25) is 5.91 Å². The van der Waals surface area contributed by atoms with Crippen molar-refractivity contribution in [2.45, 2.75) is 33.0 Å². The fourth-order valence-corrected chi connectivity index (χ4v) is 1.41. The van der Waals surface area contributed by atoms with E-state index in [0.717, 1.165) is 0 Å². The minimum absolute atomic E-state index is 0.0569. The van der Waals surface area contributed by atoms with Crippen LogP contribution in [0.15, 0.2) is 23.1 Å². The molecule has 2 N–H and O–H groups in total. The number of aromatic nitrogens is 1. The molecule has 0 spiro atoms. The Hall–Kier alpha value is -1.62. The molecule has 0 radical (unpaired) electrons. The molecule has 0 saturated heterocycles. The van der Waals surface area contributed by atoms with Crippen LogP contribution >= 0.6 is 0 Å². The Morgan fingerprint density at radius 2 is 2.18 bits per heavy atom. The maximum Gasteiger partial charge on any atom is 0.255 e. The first-order valence-corrected chi connectivity index (χ1v) is 5.61. The third-order valence-corrected chi connectivity index (χ3v) is 2.79. The number of rotatable bonds is 4. The lowest BCUT2D eigenvalue weighted by molar-refractivity contribution is -0.132. The Labute approximate surface area is 101 Å². The molecule has 1 amide bonds. The van der Waals surface area contributed by atoms with Crippen LogP contribution in [0.3, 0.4) is 0 Å². The molecule has 0 atom stereocenters. The van der Waals surface area contributed by atoms with Crippen LogP contribution in [0.25, 0.3) is 0 Å². The largest absolute Gasteiger partial charge is 0.342 e. The first kappa shape index (κ1) is 13.4. The molecule has 94 valence electrons. The van der Waals surface area contributed by atoms with Gasteiger partial charge in [-0.15, -0.1) is 0 Å². The van der Waals surface area contributed by atoms with Gasteiger partial charge < -0.3 is 15.2 Å². The van der Waals surface area contributed by atoms with Gasteiger partial charge in [0, 0.05) is 31.4 Å². The quantitative estimate of drug-likeness (QED) is 0.812. The van der Waals surface area contributed by atoms with Gasteiger partial charge in [0.05, 0.1) is 0 Å². The van der Waals surface area contributed by atoms with E-state index < -0.39 is 0 Å². The van der Waals surface area contributed by atoms with Gasteiger partial charge in [-0.25, -0.2) is 0 Å². The summed E-state index contributed by atoms with van der Waals surface area (Å²) in [7, 11) is 1.73. The number of pyridine rings is 1. The Bertz CT molecular complexity index is 451. The van der Waals surface area contributed by atoms with Crippen LogP contribution in [0.5, 0.6) is 0 Å². The van der Waals surface area contributed by atoms with E-state index in [0.29, 0.717) is 5.56 Å². The van der Waals surface area contributed by atoms with E-state index in [1.807, 2.05) is 13.8 Å². The van der Waals surface area contributed by atoms with Crippen LogP contribution in [-0.2, 0) is 17.9 Å². The van der Waals surface area contributed by atoms with E-state index in [2.05, 4.69) is 0 Å². The van der Waals surface area contributed by atoms with Crippen LogP contribution in [-0.4, -0.2) is 28.5 Å². The standard InChI is InChI=1S/C12H19N3O2/c1-9(2)14(3)11(16)8-15-6-4-5-10(7-13)12(15)17/h4-6,9H,7-8,13H2,1-3H3. The van der Waals surface area contributed by atoms with E-state index in [4.69, 9.17) is 5.73 Å². The smallest absolute Gasteiger partial charge is 0.255 e. The number of hydrogen-bond acceptors (Lipinski definition) is 3. The van der Waals surface area contributed by atoms with Crippen molar-refractivity contribution in [3.63, 3.8) is 0 Å². The maximum absolute atomic E-state index is 11.8. The molecular formula is C12H19N3O2. The van der Waals surface area contributed by atoms with Crippen molar-refractivity contribution in [3.05, 3.63) is 34.2 Å². The number of nitrogens with zero attached hydrogens (tertiary/aromatic N) is 2. The molecule has 1 aromatic heterocycles. The Morgan fingerprint density at radius 3 is 2.71 bits per heavy atom. The second-order valence-electron chi connectivity index (χ2n) is 4.27. The van der Waals surface area contributed by atoms with Crippen LogP contribution < -0.4 is 11.3 Å². The minimum Gasteiger partial charge on any atom is -0.342 e. The molecule has 0 aromatic carbocycles. The molecule has 1 heterocycles. The molecule has 0 aliphatic heterocycles. The summed E-state index contributed by atoms with van der Waals surface area (Å²) >= 11 is 0. The van der Waals surface area contributed by atoms with Crippen LogP contribution in [0.2, 0.25) is 0 Å². The van der Waals surface area contributed by atoms with Crippen molar-refractivity contribution in [1.82, 2.24) is 9.47 Å². The second-order valence-corrected chi connectivity index (χ2v) is 4.27. The summed E-state index contributed by atoms with van der Waals surface area (Å²) in [5, 5.41) is 0. The van der Waals surface area contributed by atoms with Gasteiger partial charge in [-0.1, -0.05) is 6.07 Å². The SMILES string of the molecule is CC(C)N(C)C(=O)Cn1cccc(CN)c1=O. The van der Waals surface area contributed by atoms with Gasteiger partial charge in [0.1, 0.15) is 6.54 Å². The average molecular weight is 237 g/mol. The summed E-state index contributed by atoms with van der Waals surface area (Å²) in [6.07, 6.45) is 1.60. The topological polar surface area (TPSA) is 68.3 Å². The van der Waals surface area contributed by atoms with Crippen LogP contribution in [0.4, 0.5) is 0 Å². The molecule has 0 unspecified atom stereocenters. The fourth-order valence-electron chi connectivity index (χ4n) is 1.41. The Kier molecular flexibility index (Phi) is 4.45. The summed E-state index contributed by atoms with van der Waals surface area (Å²) < 4.78 is 1.39. The van der Waals surface area contributed by atoms with E-state index in [-0.39, 0.29) is 30.6 Å². The van der Waals surface area contributed by atoms with Gasteiger partial charge in [0.15, 0.2) is 0 Å². The summed E-state index contributed by atoms with van der Waals surface area (Å²) in [4.78, 5) is 25.3. The predicted octanol–water partition coefficient (Wildman–Crippen LogP) is 0.174. The van der Waals surface area contributed by atoms with Crippen molar-refractivity contribution < 1.29 is 4.79 Å². The summed E-state index contributed by atoms with van der Waals surface area (Å²) in [6.45, 7) is 4.10. The molecule has 0 aliphatic carbocycles. The van der Waals surface area contributed by atoms with Crippen molar-refractivity contribution in [2.24, 2.45) is 5.73 Å². The molecule has 0 aliphatic rings. The van der Waals surface area contributed by atoms with Crippen molar-refractivity contribution in [1.29, 1.82) is 0 Å². The average Bonchev–Trinajstić information content (AvgIpc) is 2.30. The summed E-state index contributed by atoms with van der Waals surface area (Å²) in [5.41, 5.74) is 5.78. The van der Waals surface area contributed by atoms with E-state index in [9.17, 15) is 9.59 Å². The highest BCUT2D eigenvalue weighted by Gasteiger charge is 2.13. The van der Waals surface area contributed by atoms with Crippen LogP contribution in [0, 0.1) is 0 Å². The normalized spacial score (nSPS) is 10.6. The van der Waals surface area contributed by atoms with Gasteiger partial charge in [0.25, 0.3) is 5.56 Å².